The van der Waals surface area contributed by atoms with Crippen LogP contribution in [-0.4, -0.2) is 53.7 Å². The summed E-state index contributed by atoms with van der Waals surface area (Å²) in [6.07, 6.45) is 2.69. The van der Waals surface area contributed by atoms with Gasteiger partial charge in [-0.3, -0.25) is 9.59 Å². The number of benzene rings is 2. The highest BCUT2D eigenvalue weighted by Crippen LogP contribution is 2.44. The highest BCUT2D eigenvalue weighted by molar-refractivity contribution is 5.82. The fourth-order valence-corrected chi connectivity index (χ4v) is 5.41. The molecule has 1 saturated carbocycles. The maximum absolute atomic E-state index is 13.3. The summed E-state index contributed by atoms with van der Waals surface area (Å²) < 4.78 is 5.70. The maximum atomic E-state index is 13.3. The van der Waals surface area contributed by atoms with Crippen molar-refractivity contribution in [3.63, 3.8) is 0 Å². The Hall–Kier alpha value is -3.35. The number of carbonyl (C=O) groups excluding carboxylic acids is 2. The molecule has 0 aromatic heterocycles. The van der Waals surface area contributed by atoms with E-state index in [0.717, 1.165) is 24.0 Å². The number of nitrogens with zero attached hydrogens (tertiary/aromatic N) is 1. The Labute approximate surface area is 206 Å². The third-order valence-corrected chi connectivity index (χ3v) is 7.34. The van der Waals surface area contributed by atoms with Crippen molar-refractivity contribution in [1.29, 1.82) is 0 Å². The van der Waals surface area contributed by atoms with E-state index in [-0.39, 0.29) is 36.9 Å². The van der Waals surface area contributed by atoms with E-state index >= 15 is 0 Å². The molecule has 1 fully saturated rings. The molecular weight excluding hydrogens is 444 g/mol. The average molecular weight is 479 g/mol. The van der Waals surface area contributed by atoms with Crippen molar-refractivity contribution >= 4 is 18.0 Å². The summed E-state index contributed by atoms with van der Waals surface area (Å²) in [4.78, 5) is 39.0. The van der Waals surface area contributed by atoms with Gasteiger partial charge in [0.15, 0.2) is 0 Å². The fourth-order valence-electron chi connectivity index (χ4n) is 5.41. The van der Waals surface area contributed by atoms with E-state index in [0.29, 0.717) is 19.4 Å². The minimum absolute atomic E-state index is 0.0231. The molecule has 2 aliphatic rings. The first kappa shape index (κ1) is 24.8. The molecule has 0 heterocycles. The molecule has 2 aromatic rings. The highest BCUT2D eigenvalue weighted by Gasteiger charge is 2.36. The zero-order valence-corrected chi connectivity index (χ0v) is 20.4. The molecule has 7 heteroatoms. The SMILES string of the molecule is CCN(CC(C)C(=O)O)C(=O)[C@H]1CCCC[C@H]1NC(=O)OCC1c2ccccc2-c2ccccc21. The predicted octanol–water partition coefficient (Wildman–Crippen LogP) is 4.65. The number of fused-ring (bicyclic) bond motifs is 3. The van der Waals surface area contributed by atoms with Crippen LogP contribution in [0, 0.1) is 11.8 Å². The van der Waals surface area contributed by atoms with E-state index < -0.39 is 18.0 Å². The van der Waals surface area contributed by atoms with Crippen LogP contribution in [0.4, 0.5) is 4.79 Å². The lowest BCUT2D eigenvalue weighted by Crippen LogP contribution is -2.50. The summed E-state index contributed by atoms with van der Waals surface area (Å²) in [5.74, 6) is -2.05. The first-order valence-electron chi connectivity index (χ1n) is 12.5. The molecule has 2 aromatic carbocycles. The number of rotatable bonds is 8. The van der Waals surface area contributed by atoms with Gasteiger partial charge in [-0.25, -0.2) is 4.79 Å². The van der Waals surface area contributed by atoms with Gasteiger partial charge in [-0.1, -0.05) is 68.3 Å². The Kier molecular flexibility index (Phi) is 7.73. The summed E-state index contributed by atoms with van der Waals surface area (Å²) in [5.41, 5.74) is 4.65. The van der Waals surface area contributed by atoms with Crippen molar-refractivity contribution < 1.29 is 24.2 Å². The van der Waals surface area contributed by atoms with Crippen molar-refractivity contribution in [2.24, 2.45) is 11.8 Å². The molecule has 0 bridgehead atoms. The van der Waals surface area contributed by atoms with Crippen molar-refractivity contribution in [3.8, 4) is 11.1 Å². The van der Waals surface area contributed by atoms with Gasteiger partial charge in [0, 0.05) is 25.0 Å². The molecule has 35 heavy (non-hydrogen) atoms. The first-order valence-corrected chi connectivity index (χ1v) is 12.5. The molecule has 2 amide bonds. The van der Waals surface area contributed by atoms with Gasteiger partial charge in [-0.2, -0.15) is 0 Å². The lowest BCUT2D eigenvalue weighted by atomic mass is 9.83. The second-order valence-corrected chi connectivity index (χ2v) is 9.58. The number of carboxylic acids is 1. The number of carbonyl (C=O) groups is 3. The van der Waals surface area contributed by atoms with E-state index in [1.165, 1.54) is 11.1 Å². The second kappa shape index (κ2) is 10.9. The van der Waals surface area contributed by atoms with Gasteiger partial charge in [-0.15, -0.1) is 0 Å². The number of aliphatic carboxylic acids is 1. The zero-order chi connectivity index (χ0) is 24.9. The number of hydrogen-bond acceptors (Lipinski definition) is 4. The normalized spacial score (nSPS) is 19.8. The monoisotopic (exact) mass is 478 g/mol. The van der Waals surface area contributed by atoms with Gasteiger partial charge in [0.05, 0.1) is 11.8 Å². The van der Waals surface area contributed by atoms with Gasteiger partial charge in [0.1, 0.15) is 6.61 Å². The molecule has 186 valence electrons. The average Bonchev–Trinajstić information content (AvgIpc) is 3.19. The van der Waals surface area contributed by atoms with Gasteiger partial charge < -0.3 is 20.1 Å². The number of amides is 2. The molecule has 1 unspecified atom stereocenters. The van der Waals surface area contributed by atoms with Crippen LogP contribution in [0.15, 0.2) is 48.5 Å². The molecule has 3 atom stereocenters. The van der Waals surface area contributed by atoms with Crippen molar-refractivity contribution in [2.45, 2.75) is 51.5 Å². The van der Waals surface area contributed by atoms with Crippen LogP contribution >= 0.6 is 0 Å². The number of alkyl carbamates (subject to hydrolysis) is 1. The smallest absolute Gasteiger partial charge is 0.407 e. The Morgan fingerprint density at radius 3 is 2.23 bits per heavy atom. The van der Waals surface area contributed by atoms with Crippen molar-refractivity contribution in [2.75, 3.05) is 19.7 Å². The van der Waals surface area contributed by atoms with E-state index in [2.05, 4.69) is 29.6 Å². The largest absolute Gasteiger partial charge is 0.481 e. The molecule has 0 spiro atoms. The molecule has 2 aliphatic carbocycles. The second-order valence-electron chi connectivity index (χ2n) is 9.58. The summed E-state index contributed by atoms with van der Waals surface area (Å²) in [6.45, 7) is 4.28. The van der Waals surface area contributed by atoms with Crippen LogP contribution in [-0.2, 0) is 14.3 Å². The lowest BCUT2D eigenvalue weighted by Gasteiger charge is -2.35. The van der Waals surface area contributed by atoms with Gasteiger partial charge >= 0.3 is 12.1 Å². The van der Waals surface area contributed by atoms with Crippen LogP contribution in [0.3, 0.4) is 0 Å². The quantitative estimate of drug-likeness (QED) is 0.576. The number of ether oxygens (including phenoxy) is 1. The third kappa shape index (κ3) is 5.34. The predicted molar refractivity (Wildman–Crippen MR) is 133 cm³/mol. The molecule has 2 N–H and O–H groups in total. The molecule has 0 aliphatic heterocycles. The summed E-state index contributed by atoms with van der Waals surface area (Å²) >= 11 is 0. The van der Waals surface area contributed by atoms with Gasteiger partial charge in [-0.05, 0) is 42.0 Å². The van der Waals surface area contributed by atoms with Crippen LogP contribution in [0.1, 0.15) is 56.6 Å². The van der Waals surface area contributed by atoms with E-state index in [9.17, 15) is 19.5 Å². The van der Waals surface area contributed by atoms with E-state index in [4.69, 9.17) is 4.74 Å². The number of hydrogen-bond donors (Lipinski definition) is 2. The fraction of sp³-hybridized carbons (Fsp3) is 0.464. The Bertz CT molecular complexity index is 1040. The summed E-state index contributed by atoms with van der Waals surface area (Å²) in [5, 5.41) is 12.2. The maximum Gasteiger partial charge on any atom is 0.407 e. The van der Waals surface area contributed by atoms with Gasteiger partial charge in [0.25, 0.3) is 0 Å². The Balaban J connectivity index is 1.40. The topological polar surface area (TPSA) is 95.9 Å². The van der Waals surface area contributed by atoms with Crippen LogP contribution in [0.5, 0.6) is 0 Å². The molecule has 0 radical (unpaired) electrons. The summed E-state index contributed by atoms with van der Waals surface area (Å²) in [7, 11) is 0. The number of carboxylic acid groups (broad SMARTS) is 1. The molecule has 0 saturated heterocycles. The molecule has 7 nitrogen and oxygen atoms in total. The molecule has 4 rings (SSSR count). The van der Waals surface area contributed by atoms with E-state index in [1.54, 1.807) is 11.8 Å². The Morgan fingerprint density at radius 2 is 1.63 bits per heavy atom. The van der Waals surface area contributed by atoms with E-state index in [1.807, 2.05) is 31.2 Å². The van der Waals surface area contributed by atoms with Crippen LogP contribution < -0.4 is 5.32 Å². The third-order valence-electron chi connectivity index (χ3n) is 7.34. The minimum Gasteiger partial charge on any atom is -0.481 e. The Morgan fingerprint density at radius 1 is 1.03 bits per heavy atom. The van der Waals surface area contributed by atoms with Crippen molar-refractivity contribution in [1.82, 2.24) is 10.2 Å². The van der Waals surface area contributed by atoms with Crippen LogP contribution in [0.25, 0.3) is 11.1 Å². The number of nitrogens with one attached hydrogen (secondary N) is 1. The highest BCUT2D eigenvalue weighted by atomic mass is 16.5. The molecular formula is C28H34N2O5. The van der Waals surface area contributed by atoms with Crippen LogP contribution in [0.2, 0.25) is 0 Å². The van der Waals surface area contributed by atoms with Crippen molar-refractivity contribution in [3.05, 3.63) is 59.7 Å². The van der Waals surface area contributed by atoms with Gasteiger partial charge in [0.2, 0.25) is 5.91 Å². The summed E-state index contributed by atoms with van der Waals surface area (Å²) in [6, 6.07) is 16.1. The standard InChI is InChI=1S/C28H34N2O5/c1-3-30(16-18(2)27(32)33)26(31)23-14-8-9-15-25(23)29-28(34)35-17-24-21-12-6-4-10-19(21)20-11-5-7-13-22(20)24/h4-7,10-13,18,23-25H,3,8-9,14-17H2,1-2H3,(H,29,34)(H,32,33)/t18?,23-,25+/m0/s1. The lowest BCUT2D eigenvalue weighted by molar-refractivity contribution is -0.144. The zero-order valence-electron chi connectivity index (χ0n) is 20.4. The minimum atomic E-state index is -0.923. The first-order chi connectivity index (χ1) is 16.9.